The quantitative estimate of drug-likeness (QED) is 0.382. The molecule has 0 aromatic heterocycles. The highest BCUT2D eigenvalue weighted by molar-refractivity contribution is 7.67. The lowest BCUT2D eigenvalue weighted by atomic mass is 9.80. The van der Waals surface area contributed by atoms with Gasteiger partial charge in [-0.1, -0.05) is 64.6 Å². The van der Waals surface area contributed by atoms with Crippen molar-refractivity contribution >= 4 is 13.2 Å². The van der Waals surface area contributed by atoms with Crippen molar-refractivity contribution in [3.8, 4) is 16.9 Å². The van der Waals surface area contributed by atoms with Gasteiger partial charge in [0.25, 0.3) is 0 Å². The van der Waals surface area contributed by atoms with Crippen molar-refractivity contribution in [3.63, 3.8) is 0 Å². The predicted molar refractivity (Wildman–Crippen MR) is 152 cm³/mol. The number of ether oxygens (including phenoxy) is 1. The third-order valence-corrected chi connectivity index (χ3v) is 13.2. The highest BCUT2D eigenvalue weighted by atomic mass is 31.1. The first kappa shape index (κ1) is 24.0. The van der Waals surface area contributed by atoms with Crippen molar-refractivity contribution in [3.05, 3.63) is 46.5 Å². The Balaban J connectivity index is 1.58. The van der Waals surface area contributed by atoms with Crippen LogP contribution < -0.4 is 10.0 Å². The zero-order valence-corrected chi connectivity index (χ0v) is 22.9. The first-order valence-corrected chi connectivity index (χ1v) is 16.5. The fourth-order valence-electron chi connectivity index (χ4n) is 7.97. The second-order valence-electron chi connectivity index (χ2n) is 11.8. The zero-order chi connectivity index (χ0) is 23.6. The molecule has 0 unspecified atom stereocenters. The number of rotatable bonds is 5. The summed E-state index contributed by atoms with van der Waals surface area (Å²) < 4.78 is 6.19. The summed E-state index contributed by atoms with van der Waals surface area (Å²) in [5.41, 5.74) is 11.7. The number of hydrogen-bond acceptors (Lipinski definition) is 1. The highest BCUT2D eigenvalue weighted by Gasteiger charge is 2.36. The predicted octanol–water partition coefficient (Wildman–Crippen LogP) is 8.89. The Morgan fingerprint density at radius 2 is 1.09 bits per heavy atom. The van der Waals surface area contributed by atoms with Gasteiger partial charge < -0.3 is 4.74 Å². The zero-order valence-electron chi connectivity index (χ0n) is 22.0. The lowest BCUT2D eigenvalue weighted by Crippen LogP contribution is -2.28. The average Bonchev–Trinajstić information content (AvgIpc) is 2.94. The molecule has 35 heavy (non-hydrogen) atoms. The molecule has 0 amide bonds. The Morgan fingerprint density at radius 1 is 0.571 bits per heavy atom. The summed E-state index contributed by atoms with van der Waals surface area (Å²) >= 11 is 0. The summed E-state index contributed by atoms with van der Waals surface area (Å²) in [5.74, 6) is 1.15. The molecule has 0 aliphatic heterocycles. The van der Waals surface area contributed by atoms with E-state index in [2.05, 4.69) is 24.3 Å². The van der Waals surface area contributed by atoms with E-state index in [4.69, 9.17) is 4.74 Å². The molecule has 0 N–H and O–H groups in total. The van der Waals surface area contributed by atoms with Crippen LogP contribution in [0.2, 0.25) is 0 Å². The lowest BCUT2D eigenvalue weighted by molar-refractivity contribution is 0.415. The van der Waals surface area contributed by atoms with Crippen LogP contribution in [0.25, 0.3) is 11.1 Å². The number of benzene rings is 2. The monoisotopic (exact) mass is 488 g/mol. The van der Waals surface area contributed by atoms with Crippen molar-refractivity contribution in [1.82, 2.24) is 0 Å². The summed E-state index contributed by atoms with van der Waals surface area (Å²) in [4.78, 5) is 0. The van der Waals surface area contributed by atoms with Crippen LogP contribution in [0.4, 0.5) is 0 Å². The van der Waals surface area contributed by atoms with Gasteiger partial charge in [0.05, 0.1) is 7.11 Å². The second-order valence-corrected chi connectivity index (χ2v) is 14.5. The van der Waals surface area contributed by atoms with E-state index >= 15 is 0 Å². The summed E-state index contributed by atoms with van der Waals surface area (Å²) in [6.07, 6.45) is 25.1. The molecular weight excluding hydrogens is 443 g/mol. The van der Waals surface area contributed by atoms with Gasteiger partial charge in [-0.2, -0.15) is 0 Å². The minimum atomic E-state index is -0.138. The molecule has 0 bridgehead atoms. The van der Waals surface area contributed by atoms with Gasteiger partial charge >= 0.3 is 0 Å². The maximum absolute atomic E-state index is 6.19. The van der Waals surface area contributed by atoms with Gasteiger partial charge in [0, 0.05) is 5.56 Å². The maximum Gasteiger partial charge on any atom is 0.127 e. The Morgan fingerprint density at radius 3 is 1.66 bits per heavy atom. The summed E-state index contributed by atoms with van der Waals surface area (Å²) in [6.45, 7) is 0. The molecule has 2 aromatic rings. The first-order valence-electron chi connectivity index (χ1n) is 15.0. The van der Waals surface area contributed by atoms with E-state index in [1.54, 1.807) is 33.1 Å². The molecule has 0 heterocycles. The van der Waals surface area contributed by atoms with Crippen LogP contribution in [0.15, 0.2) is 24.3 Å². The molecule has 2 fully saturated rings. The molecule has 4 aliphatic rings. The topological polar surface area (TPSA) is 9.23 Å². The van der Waals surface area contributed by atoms with E-state index in [9.17, 15) is 0 Å². The van der Waals surface area contributed by atoms with Gasteiger partial charge in [-0.15, -0.1) is 0 Å². The molecule has 0 saturated heterocycles. The van der Waals surface area contributed by atoms with Crippen LogP contribution in [-0.4, -0.2) is 18.4 Å². The number of hydrogen-bond donors (Lipinski definition) is 0. The van der Waals surface area contributed by atoms with Gasteiger partial charge in [0.15, 0.2) is 0 Å². The van der Waals surface area contributed by atoms with Crippen LogP contribution in [0.5, 0.6) is 5.75 Å². The smallest absolute Gasteiger partial charge is 0.127 e. The largest absolute Gasteiger partial charge is 0.496 e. The van der Waals surface area contributed by atoms with Crippen molar-refractivity contribution in [2.24, 2.45) is 0 Å². The maximum atomic E-state index is 6.19. The fourth-order valence-corrected chi connectivity index (χ4v) is 11.9. The molecule has 188 valence electrons. The van der Waals surface area contributed by atoms with E-state index in [0.717, 1.165) is 17.1 Å². The third kappa shape index (κ3) is 4.72. The van der Waals surface area contributed by atoms with Gasteiger partial charge in [-0.25, -0.2) is 0 Å². The molecule has 2 heteroatoms. The van der Waals surface area contributed by atoms with Crippen molar-refractivity contribution in [1.29, 1.82) is 0 Å². The van der Waals surface area contributed by atoms with Crippen molar-refractivity contribution in [2.75, 3.05) is 7.11 Å². The normalized spacial score (nSPS) is 21.5. The van der Waals surface area contributed by atoms with E-state index < -0.39 is 0 Å². The Kier molecular flexibility index (Phi) is 7.53. The van der Waals surface area contributed by atoms with Crippen LogP contribution in [-0.2, 0) is 25.7 Å². The first-order chi connectivity index (χ1) is 17.3. The SMILES string of the molecule is COc1ccc2c(c1-c1c(P(C3CCCCC3)C3CCCCC3)ccc3c1CCCC3)CCCC2. The molecule has 0 atom stereocenters. The minimum Gasteiger partial charge on any atom is -0.496 e. The summed E-state index contributed by atoms with van der Waals surface area (Å²) in [6, 6.07) is 9.94. The second kappa shape index (κ2) is 11.0. The molecule has 0 spiro atoms. The Bertz CT molecular complexity index is 1010. The number of fused-ring (bicyclic) bond motifs is 2. The van der Waals surface area contributed by atoms with Crippen LogP contribution in [0.1, 0.15) is 112 Å². The van der Waals surface area contributed by atoms with Crippen LogP contribution in [0.3, 0.4) is 0 Å². The molecule has 1 nitrogen and oxygen atoms in total. The van der Waals surface area contributed by atoms with Crippen LogP contribution >= 0.6 is 7.92 Å². The highest BCUT2D eigenvalue weighted by Crippen LogP contribution is 2.57. The lowest BCUT2D eigenvalue weighted by Gasteiger charge is -2.41. The molecule has 6 rings (SSSR count). The van der Waals surface area contributed by atoms with Crippen LogP contribution in [0, 0.1) is 0 Å². The van der Waals surface area contributed by atoms with Gasteiger partial charge in [-0.05, 0) is 128 Å². The standard InChI is InChI=1S/C33H45OP/c1-34-30-22-20-24-12-8-10-18-28(24)32(30)33-29-19-11-9-13-25(29)21-23-31(33)35(26-14-4-2-5-15-26)27-16-6-3-7-17-27/h20-23,26-27H,2-19H2,1H3. The molecule has 0 radical (unpaired) electrons. The fraction of sp³-hybridized carbons (Fsp3) is 0.636. The molecule has 2 saturated carbocycles. The average molecular weight is 489 g/mol. The Labute approximate surface area is 215 Å². The molecule has 2 aromatic carbocycles. The Hall–Kier alpha value is -1.33. The number of aryl methyl sites for hydroxylation is 2. The van der Waals surface area contributed by atoms with E-state index in [1.807, 2.05) is 7.11 Å². The van der Waals surface area contributed by atoms with E-state index in [-0.39, 0.29) is 7.92 Å². The van der Waals surface area contributed by atoms with Gasteiger partial charge in [0.1, 0.15) is 5.75 Å². The van der Waals surface area contributed by atoms with Crippen molar-refractivity contribution in [2.45, 2.75) is 127 Å². The van der Waals surface area contributed by atoms with Crippen molar-refractivity contribution < 1.29 is 4.74 Å². The summed E-state index contributed by atoms with van der Waals surface area (Å²) in [5, 5.41) is 1.79. The third-order valence-electron chi connectivity index (χ3n) is 9.69. The minimum absolute atomic E-state index is 0.138. The van der Waals surface area contributed by atoms with E-state index in [1.165, 1.54) is 121 Å². The molecular formula is C33H45OP. The van der Waals surface area contributed by atoms with E-state index in [0.29, 0.717) is 0 Å². The molecule has 4 aliphatic carbocycles. The van der Waals surface area contributed by atoms with Gasteiger partial charge in [0.2, 0.25) is 0 Å². The number of methoxy groups -OCH3 is 1. The summed E-state index contributed by atoms with van der Waals surface area (Å²) in [7, 11) is 1.77. The van der Waals surface area contributed by atoms with Gasteiger partial charge in [-0.3, -0.25) is 0 Å².